The van der Waals surface area contributed by atoms with E-state index in [0.717, 1.165) is 5.56 Å². The van der Waals surface area contributed by atoms with Crippen LogP contribution >= 0.6 is 0 Å². The molecule has 0 saturated carbocycles. The summed E-state index contributed by atoms with van der Waals surface area (Å²) in [6, 6.07) is 7.23. The lowest BCUT2D eigenvalue weighted by molar-refractivity contribution is 0.281. The van der Waals surface area contributed by atoms with Crippen LogP contribution in [0.3, 0.4) is 0 Å². The van der Waals surface area contributed by atoms with Gasteiger partial charge in [0.15, 0.2) is 0 Å². The van der Waals surface area contributed by atoms with Crippen LogP contribution < -0.4 is 5.69 Å². The molecule has 0 fully saturated rings. The van der Waals surface area contributed by atoms with E-state index >= 15 is 0 Å². The lowest BCUT2D eigenvalue weighted by Crippen LogP contribution is -2.15. The first kappa shape index (κ1) is 8.77. The third-order valence-corrected chi connectivity index (χ3v) is 2.07. The Hall–Kier alpha value is -1.81. The molecule has 1 heterocycles. The van der Waals surface area contributed by atoms with Gasteiger partial charge in [-0.15, -0.1) is 0 Å². The number of hydrogen-bond donors (Lipinski definition) is 2. The van der Waals surface area contributed by atoms with Crippen LogP contribution in [0.4, 0.5) is 0 Å². The van der Waals surface area contributed by atoms with Crippen molar-refractivity contribution < 1.29 is 5.11 Å². The van der Waals surface area contributed by atoms with Crippen LogP contribution in [-0.2, 0) is 6.61 Å². The minimum Gasteiger partial charge on any atom is -0.392 e. The molecule has 14 heavy (non-hydrogen) atoms. The largest absolute Gasteiger partial charge is 0.392 e. The maximum absolute atomic E-state index is 11.3. The molecular weight excluding hydrogens is 180 g/mol. The predicted molar refractivity (Wildman–Crippen MR) is 52.3 cm³/mol. The van der Waals surface area contributed by atoms with Gasteiger partial charge in [-0.05, 0) is 6.07 Å². The van der Waals surface area contributed by atoms with E-state index in [2.05, 4.69) is 4.98 Å². The fraction of sp³-hybridized carbons (Fsp3) is 0.100. The van der Waals surface area contributed by atoms with Gasteiger partial charge in [0.05, 0.1) is 12.3 Å². The smallest absolute Gasteiger partial charge is 0.330 e. The molecule has 0 spiro atoms. The van der Waals surface area contributed by atoms with Gasteiger partial charge in [-0.2, -0.15) is 0 Å². The molecule has 2 rings (SSSR count). The molecule has 2 N–H and O–H groups in total. The van der Waals surface area contributed by atoms with Crippen LogP contribution in [0.1, 0.15) is 5.56 Å². The zero-order chi connectivity index (χ0) is 9.97. The highest BCUT2D eigenvalue weighted by atomic mass is 16.3. The third-order valence-electron chi connectivity index (χ3n) is 2.07. The molecule has 0 atom stereocenters. The lowest BCUT2D eigenvalue weighted by Gasteiger charge is -2.05. The minimum absolute atomic E-state index is 0.0756. The third kappa shape index (κ3) is 1.36. The molecule has 4 nitrogen and oxygen atoms in total. The molecule has 0 bridgehead atoms. The van der Waals surface area contributed by atoms with Crippen molar-refractivity contribution in [1.29, 1.82) is 0 Å². The van der Waals surface area contributed by atoms with Crippen molar-refractivity contribution in [3.63, 3.8) is 0 Å². The van der Waals surface area contributed by atoms with Crippen molar-refractivity contribution in [1.82, 2.24) is 9.55 Å². The summed E-state index contributed by atoms with van der Waals surface area (Å²) in [4.78, 5) is 13.9. The molecule has 0 aliphatic rings. The van der Waals surface area contributed by atoms with Gasteiger partial charge < -0.3 is 10.1 Å². The molecule has 72 valence electrons. The Bertz CT molecular complexity index is 485. The quantitative estimate of drug-likeness (QED) is 0.730. The Morgan fingerprint density at radius 1 is 1.36 bits per heavy atom. The van der Waals surface area contributed by atoms with E-state index < -0.39 is 0 Å². The number of benzene rings is 1. The van der Waals surface area contributed by atoms with Crippen LogP contribution in [0, 0.1) is 0 Å². The average Bonchev–Trinajstić information content (AvgIpc) is 2.64. The summed E-state index contributed by atoms with van der Waals surface area (Å²) in [5, 5.41) is 9.08. The second-order valence-corrected chi connectivity index (χ2v) is 2.92. The number of nitrogens with zero attached hydrogens (tertiary/aromatic N) is 1. The highest BCUT2D eigenvalue weighted by Crippen LogP contribution is 2.11. The molecule has 2 aromatic rings. The molecule has 0 radical (unpaired) electrons. The fourth-order valence-electron chi connectivity index (χ4n) is 1.39. The second kappa shape index (κ2) is 3.51. The number of aliphatic hydroxyl groups is 1. The van der Waals surface area contributed by atoms with Crippen LogP contribution in [0.2, 0.25) is 0 Å². The van der Waals surface area contributed by atoms with Gasteiger partial charge in [0.25, 0.3) is 0 Å². The summed E-state index contributed by atoms with van der Waals surface area (Å²) >= 11 is 0. The molecular formula is C10H10N2O2. The molecule has 0 unspecified atom stereocenters. The number of hydrogen-bond acceptors (Lipinski definition) is 2. The van der Waals surface area contributed by atoms with Gasteiger partial charge in [0, 0.05) is 18.0 Å². The zero-order valence-electron chi connectivity index (χ0n) is 7.47. The van der Waals surface area contributed by atoms with Crippen molar-refractivity contribution in [2.75, 3.05) is 0 Å². The van der Waals surface area contributed by atoms with Gasteiger partial charge >= 0.3 is 5.69 Å². The first-order valence-electron chi connectivity index (χ1n) is 4.28. The lowest BCUT2D eigenvalue weighted by atomic mass is 10.2. The molecule has 0 aliphatic heterocycles. The van der Waals surface area contributed by atoms with Crippen molar-refractivity contribution in [3.05, 3.63) is 52.7 Å². The minimum atomic E-state index is -0.203. The highest BCUT2D eigenvalue weighted by molar-refractivity contribution is 5.40. The standard InChI is InChI=1S/C10H10N2O2/c13-7-8-3-1-2-4-9(8)12-6-5-11-10(12)14/h1-6,13H,7H2,(H,11,14). The van der Waals surface area contributed by atoms with Gasteiger partial charge in [0.2, 0.25) is 0 Å². The van der Waals surface area contributed by atoms with Crippen LogP contribution in [0.5, 0.6) is 0 Å². The van der Waals surface area contributed by atoms with Crippen LogP contribution in [0.15, 0.2) is 41.5 Å². The summed E-state index contributed by atoms with van der Waals surface area (Å²) in [5.41, 5.74) is 1.24. The number of rotatable bonds is 2. The number of aromatic nitrogens is 2. The van der Waals surface area contributed by atoms with Gasteiger partial charge in [-0.25, -0.2) is 4.79 Å². The summed E-state index contributed by atoms with van der Waals surface area (Å²) < 4.78 is 1.46. The molecule has 1 aromatic carbocycles. The van der Waals surface area contributed by atoms with E-state index in [4.69, 9.17) is 5.11 Å². The van der Waals surface area contributed by atoms with Gasteiger partial charge in [0.1, 0.15) is 0 Å². The Morgan fingerprint density at radius 3 is 2.79 bits per heavy atom. The fourth-order valence-corrected chi connectivity index (χ4v) is 1.39. The Kier molecular flexibility index (Phi) is 2.20. The predicted octanol–water partition coefficient (Wildman–Crippen LogP) is 0.658. The first-order chi connectivity index (χ1) is 6.83. The van der Waals surface area contributed by atoms with Crippen LogP contribution in [0.25, 0.3) is 5.69 Å². The highest BCUT2D eigenvalue weighted by Gasteiger charge is 2.04. The number of nitrogens with one attached hydrogen (secondary N) is 1. The SMILES string of the molecule is O=c1[nH]ccn1-c1ccccc1CO. The van der Waals surface area contributed by atoms with E-state index in [-0.39, 0.29) is 12.3 Å². The maximum atomic E-state index is 11.3. The number of imidazole rings is 1. The van der Waals surface area contributed by atoms with Crippen LogP contribution in [-0.4, -0.2) is 14.7 Å². The van der Waals surface area contributed by atoms with E-state index in [1.165, 1.54) is 4.57 Å². The normalized spacial score (nSPS) is 10.4. The number of aromatic amines is 1. The molecule has 0 saturated heterocycles. The average molecular weight is 190 g/mol. The monoisotopic (exact) mass is 190 g/mol. The first-order valence-corrected chi connectivity index (χ1v) is 4.28. The number of H-pyrrole nitrogens is 1. The number of para-hydroxylation sites is 1. The zero-order valence-corrected chi connectivity index (χ0v) is 7.47. The van der Waals surface area contributed by atoms with E-state index in [0.29, 0.717) is 5.69 Å². The van der Waals surface area contributed by atoms with Gasteiger partial charge in [-0.1, -0.05) is 18.2 Å². The Morgan fingerprint density at radius 2 is 2.14 bits per heavy atom. The van der Waals surface area contributed by atoms with E-state index in [9.17, 15) is 4.79 Å². The summed E-state index contributed by atoms with van der Waals surface area (Å²) in [5.74, 6) is 0. The van der Waals surface area contributed by atoms with Crippen molar-refractivity contribution in [3.8, 4) is 5.69 Å². The summed E-state index contributed by atoms with van der Waals surface area (Å²) in [7, 11) is 0. The molecule has 0 aliphatic carbocycles. The van der Waals surface area contributed by atoms with Crippen molar-refractivity contribution in [2.24, 2.45) is 0 Å². The molecule has 0 amide bonds. The Balaban J connectivity index is 2.62. The summed E-state index contributed by atoms with van der Waals surface area (Å²) in [6.45, 7) is -0.0756. The van der Waals surface area contributed by atoms with Gasteiger partial charge in [-0.3, -0.25) is 4.57 Å². The summed E-state index contributed by atoms with van der Waals surface area (Å²) in [6.07, 6.45) is 3.20. The van der Waals surface area contributed by atoms with E-state index in [1.807, 2.05) is 12.1 Å². The topological polar surface area (TPSA) is 58.0 Å². The molecule has 4 heteroatoms. The van der Waals surface area contributed by atoms with E-state index in [1.54, 1.807) is 24.5 Å². The van der Waals surface area contributed by atoms with Crippen molar-refractivity contribution >= 4 is 0 Å². The van der Waals surface area contributed by atoms with Crippen molar-refractivity contribution in [2.45, 2.75) is 6.61 Å². The second-order valence-electron chi connectivity index (χ2n) is 2.92. The Labute approximate surface area is 80.4 Å². The maximum Gasteiger partial charge on any atom is 0.330 e. The molecule has 1 aromatic heterocycles. The number of aliphatic hydroxyl groups excluding tert-OH is 1.